The first-order chi connectivity index (χ1) is 10.2. The summed E-state index contributed by atoms with van der Waals surface area (Å²) >= 11 is 2.15. The first-order valence-corrected chi connectivity index (χ1v) is 7.47. The molecule has 0 unspecified atom stereocenters. The van der Waals surface area contributed by atoms with E-state index in [1.165, 1.54) is 0 Å². The van der Waals surface area contributed by atoms with E-state index < -0.39 is 0 Å². The van der Waals surface area contributed by atoms with Crippen molar-refractivity contribution in [2.75, 3.05) is 14.2 Å². The van der Waals surface area contributed by atoms with Gasteiger partial charge in [-0.2, -0.15) is 0 Å². The Morgan fingerprint density at radius 2 is 1.90 bits per heavy atom. The third kappa shape index (κ3) is 3.87. The van der Waals surface area contributed by atoms with Crippen LogP contribution in [0.25, 0.3) is 0 Å². The van der Waals surface area contributed by atoms with E-state index in [0.717, 1.165) is 14.9 Å². The zero-order chi connectivity index (χ0) is 15.2. The molecular formula is C16H16INO3. The molecular weight excluding hydrogens is 381 g/mol. The lowest BCUT2D eigenvalue weighted by Crippen LogP contribution is -2.23. The van der Waals surface area contributed by atoms with Crippen molar-refractivity contribution in [1.29, 1.82) is 0 Å². The highest BCUT2D eigenvalue weighted by atomic mass is 127. The summed E-state index contributed by atoms with van der Waals surface area (Å²) in [7, 11) is 3.20. The summed E-state index contributed by atoms with van der Waals surface area (Å²) in [6.45, 7) is 0.400. The summed E-state index contributed by atoms with van der Waals surface area (Å²) in [5.74, 6) is 1.31. The summed E-state index contributed by atoms with van der Waals surface area (Å²) in [5.41, 5.74) is 1.57. The van der Waals surface area contributed by atoms with Gasteiger partial charge in [0.2, 0.25) is 0 Å². The monoisotopic (exact) mass is 397 g/mol. The van der Waals surface area contributed by atoms with Gasteiger partial charge in [0.15, 0.2) is 0 Å². The molecule has 4 nitrogen and oxygen atoms in total. The van der Waals surface area contributed by atoms with E-state index in [1.807, 2.05) is 36.4 Å². The van der Waals surface area contributed by atoms with E-state index in [1.54, 1.807) is 20.3 Å². The Morgan fingerprint density at radius 1 is 1.14 bits per heavy atom. The Kier molecular flexibility index (Phi) is 5.44. The van der Waals surface area contributed by atoms with E-state index in [-0.39, 0.29) is 5.91 Å². The van der Waals surface area contributed by atoms with E-state index in [9.17, 15) is 4.79 Å². The van der Waals surface area contributed by atoms with Gasteiger partial charge < -0.3 is 14.8 Å². The minimum absolute atomic E-state index is 0.0992. The van der Waals surface area contributed by atoms with Crippen molar-refractivity contribution in [3.63, 3.8) is 0 Å². The zero-order valence-electron chi connectivity index (χ0n) is 11.9. The second kappa shape index (κ2) is 7.31. The number of hydrogen-bond acceptors (Lipinski definition) is 3. The number of rotatable bonds is 5. The Balaban J connectivity index is 2.10. The second-order valence-electron chi connectivity index (χ2n) is 4.34. The smallest absolute Gasteiger partial charge is 0.252 e. The van der Waals surface area contributed by atoms with E-state index >= 15 is 0 Å². The van der Waals surface area contributed by atoms with Gasteiger partial charge in [0.1, 0.15) is 11.5 Å². The molecule has 0 spiro atoms. The predicted molar refractivity (Wildman–Crippen MR) is 89.9 cm³/mol. The average Bonchev–Trinajstić information content (AvgIpc) is 2.52. The van der Waals surface area contributed by atoms with Crippen molar-refractivity contribution >= 4 is 28.5 Å². The van der Waals surface area contributed by atoms with Gasteiger partial charge in [-0.25, -0.2) is 0 Å². The van der Waals surface area contributed by atoms with E-state index in [2.05, 4.69) is 27.9 Å². The van der Waals surface area contributed by atoms with Crippen LogP contribution in [-0.4, -0.2) is 20.1 Å². The molecule has 0 heterocycles. The Bertz CT molecular complexity index is 643. The lowest BCUT2D eigenvalue weighted by Gasteiger charge is -2.12. The summed E-state index contributed by atoms with van der Waals surface area (Å²) in [5, 5.41) is 2.90. The van der Waals surface area contributed by atoms with Crippen LogP contribution >= 0.6 is 22.6 Å². The van der Waals surface area contributed by atoms with Crippen LogP contribution in [0.15, 0.2) is 42.5 Å². The molecule has 0 radical (unpaired) electrons. The minimum Gasteiger partial charge on any atom is -0.497 e. The van der Waals surface area contributed by atoms with E-state index in [0.29, 0.717) is 17.9 Å². The summed E-state index contributed by atoms with van der Waals surface area (Å²) < 4.78 is 11.4. The number of amides is 1. The van der Waals surface area contributed by atoms with Crippen molar-refractivity contribution < 1.29 is 14.3 Å². The number of benzene rings is 2. The molecule has 2 rings (SSSR count). The molecule has 2 aromatic rings. The maximum absolute atomic E-state index is 12.2. The third-order valence-electron chi connectivity index (χ3n) is 3.05. The molecule has 0 atom stereocenters. The number of nitrogens with one attached hydrogen (secondary N) is 1. The molecule has 110 valence electrons. The molecule has 0 aliphatic carbocycles. The van der Waals surface area contributed by atoms with Crippen LogP contribution < -0.4 is 14.8 Å². The quantitative estimate of drug-likeness (QED) is 0.789. The maximum atomic E-state index is 12.2. The lowest BCUT2D eigenvalue weighted by molar-refractivity contribution is 0.0950. The van der Waals surface area contributed by atoms with Crippen LogP contribution in [0.4, 0.5) is 0 Å². The van der Waals surface area contributed by atoms with Gasteiger partial charge in [0.05, 0.1) is 19.8 Å². The minimum atomic E-state index is -0.0992. The first-order valence-electron chi connectivity index (χ1n) is 6.39. The van der Waals surface area contributed by atoms with Gasteiger partial charge in [-0.1, -0.05) is 12.1 Å². The highest BCUT2D eigenvalue weighted by Gasteiger charge is 2.10. The normalized spacial score (nSPS) is 10.0. The summed E-state index contributed by atoms with van der Waals surface area (Å²) in [6, 6.07) is 13.0. The summed E-state index contributed by atoms with van der Waals surface area (Å²) in [6.07, 6.45) is 0. The van der Waals surface area contributed by atoms with Crippen molar-refractivity contribution in [3.8, 4) is 11.5 Å². The fraction of sp³-hybridized carbons (Fsp3) is 0.188. The van der Waals surface area contributed by atoms with Gasteiger partial charge in [-0.15, -0.1) is 0 Å². The SMILES string of the molecule is COc1ccc(CNC(=O)c2ccccc2I)c(OC)c1. The van der Waals surface area contributed by atoms with Crippen molar-refractivity contribution in [1.82, 2.24) is 5.32 Å². The van der Waals surface area contributed by atoms with Crippen LogP contribution in [0.1, 0.15) is 15.9 Å². The van der Waals surface area contributed by atoms with Crippen molar-refractivity contribution in [2.24, 2.45) is 0 Å². The Hall–Kier alpha value is -1.76. The molecule has 5 heteroatoms. The van der Waals surface area contributed by atoms with Crippen LogP contribution in [0.3, 0.4) is 0 Å². The molecule has 2 aromatic carbocycles. The highest BCUT2D eigenvalue weighted by molar-refractivity contribution is 14.1. The Morgan fingerprint density at radius 3 is 2.57 bits per heavy atom. The van der Waals surface area contributed by atoms with Crippen LogP contribution in [0.5, 0.6) is 11.5 Å². The highest BCUT2D eigenvalue weighted by Crippen LogP contribution is 2.24. The number of methoxy groups -OCH3 is 2. The summed E-state index contributed by atoms with van der Waals surface area (Å²) in [4.78, 5) is 12.2. The fourth-order valence-corrected chi connectivity index (χ4v) is 2.55. The molecule has 1 amide bonds. The number of carbonyl (C=O) groups is 1. The topological polar surface area (TPSA) is 47.6 Å². The Labute approximate surface area is 137 Å². The predicted octanol–water partition coefficient (Wildman–Crippen LogP) is 3.24. The average molecular weight is 397 g/mol. The number of ether oxygens (including phenoxy) is 2. The first kappa shape index (κ1) is 15.6. The largest absolute Gasteiger partial charge is 0.497 e. The molecule has 0 aliphatic rings. The fourth-order valence-electron chi connectivity index (χ4n) is 1.91. The number of hydrogen-bond donors (Lipinski definition) is 1. The van der Waals surface area contributed by atoms with Crippen LogP contribution in [0, 0.1) is 3.57 Å². The molecule has 0 bridgehead atoms. The number of halogens is 1. The van der Waals surface area contributed by atoms with Gasteiger partial charge in [0, 0.05) is 21.7 Å². The molecule has 0 saturated carbocycles. The molecule has 0 aromatic heterocycles. The van der Waals surface area contributed by atoms with E-state index in [4.69, 9.17) is 9.47 Å². The van der Waals surface area contributed by atoms with Crippen LogP contribution in [-0.2, 0) is 6.54 Å². The van der Waals surface area contributed by atoms with Gasteiger partial charge in [-0.05, 0) is 46.9 Å². The maximum Gasteiger partial charge on any atom is 0.252 e. The zero-order valence-corrected chi connectivity index (χ0v) is 14.0. The van der Waals surface area contributed by atoms with Crippen molar-refractivity contribution in [3.05, 3.63) is 57.2 Å². The van der Waals surface area contributed by atoms with Gasteiger partial charge >= 0.3 is 0 Å². The second-order valence-corrected chi connectivity index (χ2v) is 5.50. The molecule has 21 heavy (non-hydrogen) atoms. The van der Waals surface area contributed by atoms with Crippen molar-refractivity contribution in [2.45, 2.75) is 6.54 Å². The number of carbonyl (C=O) groups excluding carboxylic acids is 1. The molecule has 0 fully saturated rings. The molecule has 0 saturated heterocycles. The standard InChI is InChI=1S/C16H16INO3/c1-20-12-8-7-11(15(9-12)21-2)10-18-16(19)13-5-3-4-6-14(13)17/h3-9H,10H2,1-2H3,(H,18,19). The molecule has 0 aliphatic heterocycles. The lowest BCUT2D eigenvalue weighted by atomic mass is 10.1. The van der Waals surface area contributed by atoms with Crippen LogP contribution in [0.2, 0.25) is 0 Å². The molecule has 1 N–H and O–H groups in total. The third-order valence-corrected chi connectivity index (χ3v) is 3.99. The van der Waals surface area contributed by atoms with Gasteiger partial charge in [0.25, 0.3) is 5.91 Å². The van der Waals surface area contributed by atoms with Gasteiger partial charge in [-0.3, -0.25) is 4.79 Å².